The summed E-state index contributed by atoms with van der Waals surface area (Å²) in [6.45, 7) is 1.64. The van der Waals surface area contributed by atoms with Crippen LogP contribution < -0.4 is 5.43 Å². The fourth-order valence-electron chi connectivity index (χ4n) is 1.62. The number of amides is 1. The normalized spacial score (nSPS) is 11.8. The number of halogens is 3. The third-order valence-electron chi connectivity index (χ3n) is 2.81. The van der Waals surface area contributed by atoms with Crippen LogP contribution in [0.3, 0.4) is 0 Å². The van der Waals surface area contributed by atoms with E-state index in [9.17, 15) is 18.0 Å². The molecule has 5 nitrogen and oxygen atoms in total. The van der Waals surface area contributed by atoms with Gasteiger partial charge in [0.05, 0.1) is 23.3 Å². The molecule has 0 saturated carbocycles. The predicted molar refractivity (Wildman–Crippen MR) is 65.5 cm³/mol. The van der Waals surface area contributed by atoms with E-state index in [0.717, 1.165) is 12.1 Å². The Morgan fingerprint density at radius 1 is 1.45 bits per heavy atom. The highest BCUT2D eigenvalue weighted by Crippen LogP contribution is 2.29. The molecule has 1 amide bonds. The lowest BCUT2D eigenvalue weighted by Gasteiger charge is -2.14. The number of carbonyl (C=O) groups is 1. The van der Waals surface area contributed by atoms with Gasteiger partial charge >= 0.3 is 6.18 Å². The van der Waals surface area contributed by atoms with Gasteiger partial charge in [-0.1, -0.05) is 0 Å². The molecule has 0 aliphatic carbocycles. The van der Waals surface area contributed by atoms with Crippen molar-refractivity contribution in [2.24, 2.45) is 0 Å². The van der Waals surface area contributed by atoms with E-state index >= 15 is 0 Å². The molecule has 0 radical (unpaired) electrons. The molecule has 0 aliphatic rings. The van der Waals surface area contributed by atoms with Crippen LogP contribution in [-0.2, 0) is 17.5 Å². The number of hydrogen-bond acceptors (Lipinski definition) is 3. The number of carbonyl (C=O) groups excluding carboxylic acids is 1. The van der Waals surface area contributed by atoms with Crippen molar-refractivity contribution in [2.75, 3.05) is 7.05 Å². The minimum atomic E-state index is -4.38. The van der Waals surface area contributed by atoms with E-state index in [0.29, 0.717) is 11.2 Å². The van der Waals surface area contributed by atoms with Gasteiger partial charge in [0.2, 0.25) is 5.91 Å². The average Bonchev–Trinajstić information content (AvgIpc) is 2.76. The Morgan fingerprint density at radius 2 is 2.15 bits per heavy atom. The lowest BCUT2D eigenvalue weighted by molar-refractivity contribution is -0.137. The molecule has 0 bridgehead atoms. The van der Waals surface area contributed by atoms with Crippen molar-refractivity contribution in [1.29, 1.82) is 0 Å². The van der Waals surface area contributed by atoms with Gasteiger partial charge in [0, 0.05) is 20.2 Å². The maximum absolute atomic E-state index is 12.6. The zero-order chi connectivity index (χ0) is 14.9. The van der Waals surface area contributed by atoms with Crippen molar-refractivity contribution in [2.45, 2.75) is 19.6 Å². The first-order chi connectivity index (χ1) is 9.27. The van der Waals surface area contributed by atoms with Gasteiger partial charge in [-0.05, 0) is 18.2 Å². The van der Waals surface area contributed by atoms with Crippen molar-refractivity contribution < 1.29 is 18.0 Å². The molecule has 20 heavy (non-hydrogen) atoms. The van der Waals surface area contributed by atoms with Gasteiger partial charge in [-0.3, -0.25) is 9.80 Å². The van der Waals surface area contributed by atoms with Gasteiger partial charge in [-0.2, -0.15) is 18.3 Å². The number of rotatable bonds is 3. The molecule has 2 aromatic heterocycles. The molecule has 108 valence electrons. The van der Waals surface area contributed by atoms with Crippen LogP contribution >= 0.6 is 0 Å². The average molecular weight is 286 g/mol. The van der Waals surface area contributed by atoms with Crippen LogP contribution in [0.15, 0.2) is 24.4 Å². The van der Waals surface area contributed by atoms with E-state index in [1.165, 1.54) is 28.7 Å². The van der Waals surface area contributed by atoms with Crippen molar-refractivity contribution in [1.82, 2.24) is 20.0 Å². The minimum absolute atomic E-state index is 0.173. The largest absolute Gasteiger partial charge is 0.416 e. The van der Waals surface area contributed by atoms with Crippen LogP contribution in [0.4, 0.5) is 13.2 Å². The summed E-state index contributed by atoms with van der Waals surface area (Å²) in [7, 11) is 1.56. The first-order valence-electron chi connectivity index (χ1n) is 5.80. The summed E-state index contributed by atoms with van der Waals surface area (Å²) in [5.74, 6) is -0.173. The Hall–Kier alpha value is -2.09. The highest BCUT2D eigenvalue weighted by atomic mass is 19.4. The number of fused-ring (bicyclic) bond motifs is 1. The smallest absolute Gasteiger partial charge is 0.281 e. The lowest BCUT2D eigenvalue weighted by Crippen LogP contribution is -2.37. The predicted octanol–water partition coefficient (Wildman–Crippen LogP) is 1.84. The summed E-state index contributed by atoms with van der Waals surface area (Å²) in [5, 5.41) is 5.40. The molecule has 8 heteroatoms. The Labute approximate surface area is 113 Å². The van der Waals surface area contributed by atoms with E-state index in [2.05, 4.69) is 10.5 Å². The summed E-state index contributed by atoms with van der Waals surface area (Å²) in [4.78, 5) is 11.0. The SMILES string of the molecule is CC(=O)N(C)NCc1cc2cc(C(F)(F)F)ccn2n1. The van der Waals surface area contributed by atoms with Gasteiger partial charge in [0.25, 0.3) is 0 Å². The fraction of sp³-hybridized carbons (Fsp3) is 0.333. The summed E-state index contributed by atoms with van der Waals surface area (Å²) >= 11 is 0. The maximum atomic E-state index is 12.6. The highest BCUT2D eigenvalue weighted by Gasteiger charge is 2.30. The first-order valence-corrected chi connectivity index (χ1v) is 5.80. The zero-order valence-electron chi connectivity index (χ0n) is 10.9. The molecule has 0 atom stereocenters. The monoisotopic (exact) mass is 286 g/mol. The molecule has 2 rings (SSSR count). The van der Waals surface area contributed by atoms with Crippen LogP contribution in [0.5, 0.6) is 0 Å². The summed E-state index contributed by atoms with van der Waals surface area (Å²) in [6, 6.07) is 3.54. The minimum Gasteiger partial charge on any atom is -0.281 e. The molecule has 0 aliphatic heterocycles. The first kappa shape index (κ1) is 14.3. The fourth-order valence-corrected chi connectivity index (χ4v) is 1.62. The number of hydrogen-bond donors (Lipinski definition) is 1. The Morgan fingerprint density at radius 3 is 2.75 bits per heavy atom. The van der Waals surface area contributed by atoms with E-state index in [-0.39, 0.29) is 12.5 Å². The molecule has 0 aromatic carbocycles. The van der Waals surface area contributed by atoms with E-state index in [4.69, 9.17) is 0 Å². The quantitative estimate of drug-likeness (QED) is 0.876. The number of pyridine rings is 1. The van der Waals surface area contributed by atoms with Gasteiger partial charge < -0.3 is 0 Å². The van der Waals surface area contributed by atoms with E-state index in [1.54, 1.807) is 7.05 Å². The Bertz CT molecular complexity index is 635. The molecule has 1 N–H and O–H groups in total. The van der Waals surface area contributed by atoms with Crippen molar-refractivity contribution in [3.05, 3.63) is 35.7 Å². The second kappa shape index (κ2) is 5.12. The summed E-state index contributed by atoms with van der Waals surface area (Å²) < 4.78 is 39.1. The van der Waals surface area contributed by atoms with Crippen LogP contribution in [-0.4, -0.2) is 27.6 Å². The summed E-state index contributed by atoms with van der Waals surface area (Å²) in [6.07, 6.45) is -3.12. The number of nitrogens with one attached hydrogen (secondary N) is 1. The summed E-state index contributed by atoms with van der Waals surface area (Å²) in [5.41, 5.74) is 2.96. The molecule has 0 unspecified atom stereocenters. The van der Waals surface area contributed by atoms with E-state index < -0.39 is 11.7 Å². The number of nitrogens with zero attached hydrogens (tertiary/aromatic N) is 3. The van der Waals surface area contributed by atoms with Crippen LogP contribution in [0, 0.1) is 0 Å². The van der Waals surface area contributed by atoms with Gasteiger partial charge in [-0.25, -0.2) is 9.94 Å². The lowest BCUT2D eigenvalue weighted by atomic mass is 10.2. The molecule has 2 aromatic rings. The van der Waals surface area contributed by atoms with Crippen molar-refractivity contribution in [3.63, 3.8) is 0 Å². The standard InChI is InChI=1S/C12H13F3N4O/c1-8(20)18(2)16-7-10-6-11-5-9(12(13,14)15)3-4-19(11)17-10/h3-6,16H,7H2,1-2H3. The topological polar surface area (TPSA) is 49.6 Å². The molecule has 2 heterocycles. The van der Waals surface area contributed by atoms with Crippen LogP contribution in [0.1, 0.15) is 18.2 Å². The third-order valence-corrected chi connectivity index (χ3v) is 2.81. The molecule has 0 spiro atoms. The van der Waals surface area contributed by atoms with Crippen LogP contribution in [0.2, 0.25) is 0 Å². The van der Waals surface area contributed by atoms with Crippen molar-refractivity contribution >= 4 is 11.4 Å². The van der Waals surface area contributed by atoms with Gasteiger partial charge in [-0.15, -0.1) is 0 Å². The number of hydrazine groups is 1. The molecular formula is C12H13F3N4O. The Kier molecular flexibility index (Phi) is 3.67. The Balaban J connectivity index is 2.19. The maximum Gasteiger partial charge on any atom is 0.416 e. The van der Waals surface area contributed by atoms with E-state index in [1.807, 2.05) is 0 Å². The van der Waals surface area contributed by atoms with Gasteiger partial charge in [0.15, 0.2) is 0 Å². The van der Waals surface area contributed by atoms with Crippen LogP contribution in [0.25, 0.3) is 5.52 Å². The highest BCUT2D eigenvalue weighted by molar-refractivity contribution is 5.72. The zero-order valence-corrected chi connectivity index (χ0v) is 10.9. The number of alkyl halides is 3. The van der Waals surface area contributed by atoms with Crippen molar-refractivity contribution in [3.8, 4) is 0 Å². The molecular weight excluding hydrogens is 273 g/mol. The van der Waals surface area contributed by atoms with Gasteiger partial charge in [0.1, 0.15) is 0 Å². The molecule has 0 saturated heterocycles. The second-order valence-corrected chi connectivity index (χ2v) is 4.33. The third kappa shape index (κ3) is 3.08. The molecule has 0 fully saturated rings. The number of aromatic nitrogens is 2. The second-order valence-electron chi connectivity index (χ2n) is 4.33.